The van der Waals surface area contributed by atoms with E-state index in [2.05, 4.69) is 21.2 Å². The van der Waals surface area contributed by atoms with Crippen molar-refractivity contribution in [3.63, 3.8) is 0 Å². The first-order valence-corrected chi connectivity index (χ1v) is 13.1. The van der Waals surface area contributed by atoms with Gasteiger partial charge in [0.2, 0.25) is 5.75 Å². The van der Waals surface area contributed by atoms with E-state index < -0.39 is 0 Å². The number of ketones is 1. The quantitative estimate of drug-likeness (QED) is 0.132. The van der Waals surface area contributed by atoms with Gasteiger partial charge in [0.05, 0.1) is 48.3 Å². The van der Waals surface area contributed by atoms with Crippen LogP contribution in [0.4, 0.5) is 5.69 Å². The molecule has 212 valence electrons. The molecule has 0 radical (unpaired) electrons. The van der Waals surface area contributed by atoms with Gasteiger partial charge in [-0.1, -0.05) is 12.2 Å². The first-order valence-electron chi connectivity index (χ1n) is 12.3. The number of ether oxygens (including phenoxy) is 6. The molecule has 0 unspecified atom stereocenters. The van der Waals surface area contributed by atoms with Gasteiger partial charge in [-0.05, 0) is 76.8 Å². The van der Waals surface area contributed by atoms with E-state index in [1.54, 1.807) is 54.9 Å². The number of methoxy groups -OCH3 is 6. The summed E-state index contributed by atoms with van der Waals surface area (Å²) in [6, 6.07) is 9.13. The van der Waals surface area contributed by atoms with Crippen molar-refractivity contribution in [2.45, 2.75) is 13.8 Å². The Balaban J connectivity index is 1.99. The molecule has 1 N–H and O–H groups in total. The largest absolute Gasteiger partial charge is 0.496 e. The van der Waals surface area contributed by atoms with Gasteiger partial charge in [-0.15, -0.1) is 0 Å². The lowest BCUT2D eigenvalue weighted by atomic mass is 10.0. The van der Waals surface area contributed by atoms with Crippen LogP contribution >= 0.6 is 15.9 Å². The molecule has 0 amide bonds. The Hall–Kier alpha value is -4.11. The zero-order valence-corrected chi connectivity index (χ0v) is 25.5. The number of allylic oxidation sites excluding steroid dienone is 1. The Morgan fingerprint density at radius 1 is 0.725 bits per heavy atom. The molecule has 3 aromatic carbocycles. The van der Waals surface area contributed by atoms with E-state index in [0.717, 1.165) is 26.7 Å². The first kappa shape index (κ1) is 30.4. The summed E-state index contributed by atoms with van der Waals surface area (Å²) in [7, 11) is 9.41. The fraction of sp³-hybridized carbons (Fsp3) is 0.258. The van der Waals surface area contributed by atoms with Crippen LogP contribution in [0.15, 0.2) is 47.1 Å². The summed E-state index contributed by atoms with van der Waals surface area (Å²) in [6.07, 6.45) is 6.85. The average Bonchev–Trinajstić information content (AvgIpc) is 2.98. The Morgan fingerprint density at radius 3 is 1.88 bits per heavy atom. The predicted octanol–water partition coefficient (Wildman–Crippen LogP) is 7.10. The fourth-order valence-electron chi connectivity index (χ4n) is 4.15. The molecule has 0 bridgehead atoms. The minimum Gasteiger partial charge on any atom is -0.496 e. The molecule has 3 aromatic rings. The minimum atomic E-state index is -0.197. The van der Waals surface area contributed by atoms with Crippen molar-refractivity contribution in [1.82, 2.24) is 0 Å². The Kier molecular flexibility index (Phi) is 10.5. The van der Waals surface area contributed by atoms with E-state index in [1.807, 2.05) is 50.3 Å². The van der Waals surface area contributed by atoms with Crippen LogP contribution in [0.5, 0.6) is 34.5 Å². The summed E-state index contributed by atoms with van der Waals surface area (Å²) in [5.74, 6) is 3.08. The Morgan fingerprint density at radius 2 is 1.32 bits per heavy atom. The fourth-order valence-corrected chi connectivity index (χ4v) is 4.76. The lowest BCUT2D eigenvalue weighted by molar-refractivity contribution is 0.104. The van der Waals surface area contributed by atoms with E-state index in [4.69, 9.17) is 28.4 Å². The number of benzene rings is 3. The lowest BCUT2D eigenvalue weighted by Gasteiger charge is -2.16. The highest BCUT2D eigenvalue weighted by Gasteiger charge is 2.17. The molecule has 0 aliphatic rings. The van der Waals surface area contributed by atoms with Crippen molar-refractivity contribution in [2.24, 2.45) is 0 Å². The number of carbonyl (C=O) groups excluding carboxylic acids is 1. The molecule has 0 saturated heterocycles. The molecule has 0 spiro atoms. The summed E-state index contributed by atoms with van der Waals surface area (Å²) >= 11 is 3.56. The van der Waals surface area contributed by atoms with Crippen molar-refractivity contribution in [2.75, 3.05) is 48.0 Å². The number of hydrogen-bond donors (Lipinski definition) is 1. The second kappa shape index (κ2) is 13.8. The molecule has 8 nitrogen and oxygen atoms in total. The van der Waals surface area contributed by atoms with Crippen LogP contribution in [0.3, 0.4) is 0 Å². The van der Waals surface area contributed by atoms with Crippen molar-refractivity contribution in [1.29, 1.82) is 0 Å². The summed E-state index contributed by atoms with van der Waals surface area (Å²) in [4.78, 5) is 13.1. The molecule has 0 aromatic heterocycles. The van der Waals surface area contributed by atoms with Crippen LogP contribution in [0.25, 0.3) is 12.2 Å². The van der Waals surface area contributed by atoms with Gasteiger partial charge in [0, 0.05) is 27.9 Å². The van der Waals surface area contributed by atoms with Gasteiger partial charge in [0.25, 0.3) is 0 Å². The summed E-state index contributed by atoms with van der Waals surface area (Å²) < 4.78 is 33.7. The van der Waals surface area contributed by atoms with E-state index in [1.165, 1.54) is 6.08 Å². The summed E-state index contributed by atoms with van der Waals surface area (Å²) in [5.41, 5.74) is 4.65. The number of anilines is 1. The van der Waals surface area contributed by atoms with Gasteiger partial charge in [0.15, 0.2) is 28.8 Å². The second-order valence-electron chi connectivity index (χ2n) is 8.59. The maximum Gasteiger partial charge on any atom is 0.203 e. The first-order chi connectivity index (χ1) is 19.2. The molecular weight excluding hydrogens is 578 g/mol. The van der Waals surface area contributed by atoms with Gasteiger partial charge in [0.1, 0.15) is 5.75 Å². The van der Waals surface area contributed by atoms with Crippen molar-refractivity contribution in [3.05, 3.63) is 74.9 Å². The number of nitrogens with one attached hydrogen (secondary N) is 1. The second-order valence-corrected chi connectivity index (χ2v) is 9.38. The number of halogens is 1. The topological polar surface area (TPSA) is 84.5 Å². The molecule has 0 saturated carbocycles. The van der Waals surface area contributed by atoms with Gasteiger partial charge in [-0.25, -0.2) is 0 Å². The van der Waals surface area contributed by atoms with Crippen LogP contribution in [-0.2, 0) is 0 Å². The molecule has 0 fully saturated rings. The zero-order valence-electron chi connectivity index (χ0n) is 23.9. The highest BCUT2D eigenvalue weighted by atomic mass is 79.9. The summed E-state index contributed by atoms with van der Waals surface area (Å²) in [5, 5.41) is 3.21. The molecular formula is C31H34BrNO7. The third-order valence-electron chi connectivity index (χ3n) is 6.44. The van der Waals surface area contributed by atoms with Gasteiger partial charge in [-0.2, -0.15) is 0 Å². The normalized spacial score (nSPS) is 11.0. The molecule has 3 rings (SSSR count). The molecule has 40 heavy (non-hydrogen) atoms. The van der Waals surface area contributed by atoms with E-state index in [-0.39, 0.29) is 5.78 Å². The standard InChI is InChI=1S/C31H34BrNO7/c1-18-19(2)28(32)22(17-25(18)36-4)23(34)13-14-33-29-21(11-12-24(35-3)31(29)40-8)10-9-20-15-26(37-5)30(39-7)27(16-20)38-6/h9-17,33H,1-8H3/b10-9-,14-13-. The van der Waals surface area contributed by atoms with Crippen LogP contribution < -0.4 is 33.7 Å². The van der Waals surface area contributed by atoms with Crippen LogP contribution in [0, 0.1) is 13.8 Å². The molecule has 0 aliphatic heterocycles. The monoisotopic (exact) mass is 611 g/mol. The maximum atomic E-state index is 13.1. The Labute approximate surface area is 243 Å². The smallest absolute Gasteiger partial charge is 0.203 e. The number of rotatable bonds is 12. The van der Waals surface area contributed by atoms with Gasteiger partial charge in [-0.3, -0.25) is 4.79 Å². The highest BCUT2D eigenvalue weighted by Crippen LogP contribution is 2.41. The van der Waals surface area contributed by atoms with Crippen molar-refractivity contribution < 1.29 is 33.2 Å². The van der Waals surface area contributed by atoms with Crippen LogP contribution in [0.2, 0.25) is 0 Å². The highest BCUT2D eigenvalue weighted by molar-refractivity contribution is 9.10. The maximum absolute atomic E-state index is 13.1. The van der Waals surface area contributed by atoms with Gasteiger partial charge >= 0.3 is 0 Å². The Bertz CT molecular complexity index is 1420. The number of hydrogen-bond acceptors (Lipinski definition) is 8. The third-order valence-corrected chi connectivity index (χ3v) is 7.46. The summed E-state index contributed by atoms with van der Waals surface area (Å²) in [6.45, 7) is 3.89. The molecule has 0 atom stereocenters. The molecule has 9 heteroatoms. The lowest BCUT2D eigenvalue weighted by Crippen LogP contribution is -2.03. The SMILES string of the molecule is COc1cc(C(=O)/C=C\Nc2c(/C=C\c3cc(OC)c(OC)c(OC)c3)ccc(OC)c2OC)c(Br)c(C)c1C. The van der Waals surface area contributed by atoms with E-state index in [9.17, 15) is 4.79 Å². The zero-order chi connectivity index (χ0) is 29.4. The number of carbonyl (C=O) groups is 1. The van der Waals surface area contributed by atoms with Crippen LogP contribution in [0.1, 0.15) is 32.6 Å². The van der Waals surface area contributed by atoms with E-state index >= 15 is 0 Å². The van der Waals surface area contributed by atoms with E-state index in [0.29, 0.717) is 45.7 Å². The van der Waals surface area contributed by atoms with Crippen molar-refractivity contribution >= 4 is 39.6 Å². The average molecular weight is 613 g/mol. The van der Waals surface area contributed by atoms with Crippen LogP contribution in [-0.4, -0.2) is 48.4 Å². The predicted molar refractivity (Wildman–Crippen MR) is 162 cm³/mol. The molecule has 0 heterocycles. The third kappa shape index (κ3) is 6.37. The van der Waals surface area contributed by atoms with Crippen molar-refractivity contribution in [3.8, 4) is 34.5 Å². The molecule has 0 aliphatic carbocycles. The van der Waals surface area contributed by atoms with Gasteiger partial charge < -0.3 is 33.7 Å². The minimum absolute atomic E-state index is 0.197.